The van der Waals surface area contributed by atoms with Gasteiger partial charge in [0.05, 0.1) is 24.2 Å². The van der Waals surface area contributed by atoms with E-state index in [9.17, 15) is 8.42 Å². The topological polar surface area (TPSA) is 72.6 Å². The Balaban J connectivity index is 3.21. The van der Waals surface area contributed by atoms with Gasteiger partial charge in [-0.25, -0.2) is 8.42 Å². The van der Waals surface area contributed by atoms with Gasteiger partial charge in [-0.3, -0.25) is 0 Å². The lowest BCUT2D eigenvalue weighted by atomic mass is 10.3. The molecule has 0 aliphatic carbocycles. The fourth-order valence-electron chi connectivity index (χ4n) is 1.25. The Labute approximate surface area is 101 Å². The van der Waals surface area contributed by atoms with E-state index in [0.717, 1.165) is 4.31 Å². The highest BCUT2D eigenvalue weighted by molar-refractivity contribution is 7.89. The van der Waals surface area contributed by atoms with Gasteiger partial charge in [0.15, 0.2) is 0 Å². The lowest BCUT2D eigenvalue weighted by molar-refractivity contribution is 0.415. The predicted octanol–water partition coefficient (Wildman–Crippen LogP) is 0.531. The van der Waals surface area contributed by atoms with Crippen LogP contribution in [-0.2, 0) is 10.0 Å². The molecule has 0 amide bonds. The molecule has 2 N–H and O–H groups in total. The first-order chi connectivity index (χ1) is 7.93. The number of hydrogen-bond acceptors (Lipinski definition) is 4. The Morgan fingerprint density at radius 2 is 2.18 bits per heavy atom. The molecular formula is C11H14N2O3S. The molecular weight excluding hydrogens is 240 g/mol. The Bertz CT molecular complexity index is 546. The second-order valence-electron chi connectivity index (χ2n) is 3.37. The van der Waals surface area contributed by atoms with E-state index in [0.29, 0.717) is 11.4 Å². The van der Waals surface area contributed by atoms with Crippen LogP contribution >= 0.6 is 0 Å². The van der Waals surface area contributed by atoms with Crippen molar-refractivity contribution >= 4 is 15.7 Å². The fourth-order valence-corrected chi connectivity index (χ4v) is 2.35. The number of nitrogens with zero attached hydrogens (tertiary/aromatic N) is 1. The number of ether oxygens (including phenoxy) is 1. The van der Waals surface area contributed by atoms with Crippen LogP contribution in [0.1, 0.15) is 0 Å². The summed E-state index contributed by atoms with van der Waals surface area (Å²) < 4.78 is 30.1. The van der Waals surface area contributed by atoms with Crippen molar-refractivity contribution in [2.45, 2.75) is 4.90 Å². The molecule has 0 radical (unpaired) electrons. The van der Waals surface area contributed by atoms with E-state index in [-0.39, 0.29) is 11.4 Å². The highest BCUT2D eigenvalue weighted by atomic mass is 32.2. The van der Waals surface area contributed by atoms with Crippen molar-refractivity contribution in [3.8, 4) is 18.1 Å². The van der Waals surface area contributed by atoms with Crippen LogP contribution in [0.5, 0.6) is 5.75 Å². The first-order valence-electron chi connectivity index (χ1n) is 4.76. The summed E-state index contributed by atoms with van der Waals surface area (Å²) in [5, 5.41) is 0. The number of nitrogen functional groups attached to an aromatic ring is 1. The number of methoxy groups -OCH3 is 1. The summed E-state index contributed by atoms with van der Waals surface area (Å²) >= 11 is 0. The van der Waals surface area contributed by atoms with Crippen LogP contribution in [0.25, 0.3) is 0 Å². The lowest BCUT2D eigenvalue weighted by Gasteiger charge is -2.15. The molecule has 92 valence electrons. The zero-order chi connectivity index (χ0) is 13.1. The zero-order valence-electron chi connectivity index (χ0n) is 9.67. The standard InChI is InChI=1S/C11H14N2O3S/c1-4-7-13(2)17(14,15)9-5-6-10(12)11(8-9)16-3/h1,5-6,8H,7,12H2,2-3H3. The maximum absolute atomic E-state index is 12.0. The van der Waals surface area contributed by atoms with Crippen LogP contribution in [0, 0.1) is 12.3 Å². The average molecular weight is 254 g/mol. The van der Waals surface area contributed by atoms with Crippen molar-refractivity contribution in [1.29, 1.82) is 0 Å². The molecule has 5 nitrogen and oxygen atoms in total. The highest BCUT2D eigenvalue weighted by Crippen LogP contribution is 2.25. The first-order valence-corrected chi connectivity index (χ1v) is 6.20. The minimum atomic E-state index is -3.60. The molecule has 0 fully saturated rings. The predicted molar refractivity (Wildman–Crippen MR) is 66.1 cm³/mol. The summed E-state index contributed by atoms with van der Waals surface area (Å²) in [6.07, 6.45) is 5.08. The monoisotopic (exact) mass is 254 g/mol. The number of anilines is 1. The number of terminal acetylenes is 1. The van der Waals surface area contributed by atoms with E-state index in [1.807, 2.05) is 0 Å². The molecule has 6 heteroatoms. The van der Waals surface area contributed by atoms with Gasteiger partial charge in [0, 0.05) is 13.1 Å². The average Bonchev–Trinajstić information content (AvgIpc) is 2.29. The van der Waals surface area contributed by atoms with Gasteiger partial charge in [-0.2, -0.15) is 4.31 Å². The van der Waals surface area contributed by atoms with Gasteiger partial charge in [-0.1, -0.05) is 5.92 Å². The van der Waals surface area contributed by atoms with E-state index >= 15 is 0 Å². The van der Waals surface area contributed by atoms with Gasteiger partial charge in [0.1, 0.15) is 5.75 Å². The third-order valence-electron chi connectivity index (χ3n) is 2.23. The summed E-state index contributed by atoms with van der Waals surface area (Å²) in [4.78, 5) is 0.0984. The number of hydrogen-bond donors (Lipinski definition) is 1. The van der Waals surface area contributed by atoms with Crippen molar-refractivity contribution < 1.29 is 13.2 Å². The van der Waals surface area contributed by atoms with Crippen LogP contribution in [-0.4, -0.2) is 33.4 Å². The number of nitrogens with two attached hydrogens (primary N) is 1. The van der Waals surface area contributed by atoms with E-state index in [2.05, 4.69) is 5.92 Å². The molecule has 0 saturated carbocycles. The summed E-state index contributed by atoms with van der Waals surface area (Å²) in [6.45, 7) is 0.00895. The van der Waals surface area contributed by atoms with Crippen molar-refractivity contribution in [3.05, 3.63) is 18.2 Å². The largest absolute Gasteiger partial charge is 0.495 e. The third-order valence-corrected chi connectivity index (χ3v) is 4.03. The minimum Gasteiger partial charge on any atom is -0.495 e. The van der Waals surface area contributed by atoms with Gasteiger partial charge in [0.25, 0.3) is 0 Å². The normalized spacial score (nSPS) is 11.2. The molecule has 0 aliphatic heterocycles. The van der Waals surface area contributed by atoms with Crippen LogP contribution < -0.4 is 10.5 Å². The van der Waals surface area contributed by atoms with Crippen LogP contribution in [0.2, 0.25) is 0 Å². The summed E-state index contributed by atoms with van der Waals surface area (Å²) in [6, 6.07) is 4.27. The molecule has 1 aromatic rings. The van der Waals surface area contributed by atoms with Crippen LogP contribution in [0.3, 0.4) is 0 Å². The molecule has 0 bridgehead atoms. The number of sulfonamides is 1. The Morgan fingerprint density at radius 3 is 2.71 bits per heavy atom. The number of benzene rings is 1. The van der Waals surface area contributed by atoms with Crippen molar-refractivity contribution in [2.75, 3.05) is 26.4 Å². The second-order valence-corrected chi connectivity index (χ2v) is 5.41. The molecule has 0 unspecified atom stereocenters. The molecule has 0 spiro atoms. The molecule has 0 heterocycles. The van der Waals surface area contributed by atoms with Gasteiger partial charge >= 0.3 is 0 Å². The van der Waals surface area contributed by atoms with E-state index in [1.165, 1.54) is 32.4 Å². The molecule has 0 saturated heterocycles. The molecule has 17 heavy (non-hydrogen) atoms. The Hall–Kier alpha value is -1.71. The van der Waals surface area contributed by atoms with Crippen molar-refractivity contribution in [1.82, 2.24) is 4.31 Å². The molecule has 1 aromatic carbocycles. The van der Waals surface area contributed by atoms with Crippen molar-refractivity contribution in [2.24, 2.45) is 0 Å². The second kappa shape index (κ2) is 5.08. The molecule has 0 aliphatic rings. The van der Waals surface area contributed by atoms with Gasteiger partial charge < -0.3 is 10.5 Å². The first kappa shape index (κ1) is 13.4. The van der Waals surface area contributed by atoms with Crippen LogP contribution in [0.15, 0.2) is 23.1 Å². The SMILES string of the molecule is C#CCN(C)S(=O)(=O)c1ccc(N)c(OC)c1. The number of rotatable bonds is 4. The molecule has 1 rings (SSSR count). The van der Waals surface area contributed by atoms with E-state index in [4.69, 9.17) is 16.9 Å². The molecule has 0 aromatic heterocycles. The maximum Gasteiger partial charge on any atom is 0.243 e. The minimum absolute atomic E-state index is 0.00895. The third kappa shape index (κ3) is 2.70. The lowest BCUT2D eigenvalue weighted by Crippen LogP contribution is -2.27. The quantitative estimate of drug-likeness (QED) is 0.628. The summed E-state index contributed by atoms with van der Waals surface area (Å²) in [5.41, 5.74) is 5.99. The van der Waals surface area contributed by atoms with E-state index < -0.39 is 10.0 Å². The van der Waals surface area contributed by atoms with Gasteiger partial charge in [0.2, 0.25) is 10.0 Å². The van der Waals surface area contributed by atoms with Crippen molar-refractivity contribution in [3.63, 3.8) is 0 Å². The summed E-state index contributed by atoms with van der Waals surface area (Å²) in [7, 11) is -0.757. The highest BCUT2D eigenvalue weighted by Gasteiger charge is 2.20. The van der Waals surface area contributed by atoms with E-state index in [1.54, 1.807) is 0 Å². The van der Waals surface area contributed by atoms with Gasteiger partial charge in [-0.05, 0) is 12.1 Å². The van der Waals surface area contributed by atoms with Gasteiger partial charge in [-0.15, -0.1) is 6.42 Å². The molecule has 0 atom stereocenters. The zero-order valence-corrected chi connectivity index (χ0v) is 10.5. The Morgan fingerprint density at radius 1 is 1.53 bits per heavy atom. The fraction of sp³-hybridized carbons (Fsp3) is 0.273. The smallest absolute Gasteiger partial charge is 0.243 e. The maximum atomic E-state index is 12.0. The van der Waals surface area contributed by atoms with Crippen LogP contribution in [0.4, 0.5) is 5.69 Å². The summed E-state index contributed by atoms with van der Waals surface area (Å²) in [5.74, 6) is 2.59. The Kier molecular flexibility index (Phi) is 3.99.